The van der Waals surface area contributed by atoms with E-state index in [1.165, 1.54) is 7.05 Å². The van der Waals surface area contributed by atoms with Crippen molar-refractivity contribution in [2.75, 3.05) is 13.6 Å². The quantitative estimate of drug-likeness (QED) is 0.566. The van der Waals surface area contributed by atoms with Gasteiger partial charge in [0.2, 0.25) is 0 Å². The molecule has 0 saturated heterocycles. The van der Waals surface area contributed by atoms with Gasteiger partial charge in [0.15, 0.2) is 5.78 Å². The number of carbonyl (C=O) groups excluding carboxylic acids is 1. The molecular formula is C20H22N2O3S2. The molecule has 0 fully saturated rings. The normalized spacial score (nSPS) is 11.9. The van der Waals surface area contributed by atoms with E-state index in [0.29, 0.717) is 12.1 Å². The number of thiophene rings is 1. The third kappa shape index (κ3) is 4.05. The first kappa shape index (κ1) is 19.5. The van der Waals surface area contributed by atoms with Crippen molar-refractivity contribution in [1.29, 1.82) is 0 Å². The maximum absolute atomic E-state index is 12.8. The first-order valence-corrected chi connectivity index (χ1v) is 10.9. The average Bonchev–Trinajstić information content (AvgIpc) is 3.27. The molecular weight excluding hydrogens is 380 g/mol. The summed E-state index contributed by atoms with van der Waals surface area (Å²) in [7, 11) is -2.20. The number of benzene rings is 1. The number of sulfonamides is 1. The Bertz CT molecular complexity index is 1040. The first-order valence-electron chi connectivity index (χ1n) is 8.54. The van der Waals surface area contributed by atoms with Crippen molar-refractivity contribution in [2.45, 2.75) is 24.6 Å². The number of carbonyl (C=O) groups is 1. The smallest absolute Gasteiger partial charge is 0.252 e. The van der Waals surface area contributed by atoms with Gasteiger partial charge in [-0.3, -0.25) is 4.79 Å². The van der Waals surface area contributed by atoms with Gasteiger partial charge in [0.1, 0.15) is 4.21 Å². The van der Waals surface area contributed by atoms with Crippen LogP contribution in [0, 0.1) is 13.8 Å². The summed E-state index contributed by atoms with van der Waals surface area (Å²) in [6, 6.07) is 15.1. The van der Waals surface area contributed by atoms with Crippen LogP contribution in [0.25, 0.3) is 0 Å². The van der Waals surface area contributed by atoms with E-state index in [1.807, 2.05) is 50.2 Å². The van der Waals surface area contributed by atoms with Gasteiger partial charge in [-0.1, -0.05) is 36.4 Å². The summed E-state index contributed by atoms with van der Waals surface area (Å²) >= 11 is 1.15. The van der Waals surface area contributed by atoms with Crippen LogP contribution in [0.15, 0.2) is 58.1 Å². The van der Waals surface area contributed by atoms with Crippen LogP contribution in [0.4, 0.5) is 0 Å². The van der Waals surface area contributed by atoms with E-state index in [-0.39, 0.29) is 16.5 Å². The molecule has 0 unspecified atom stereocenters. The highest BCUT2D eigenvalue weighted by Gasteiger charge is 2.25. The van der Waals surface area contributed by atoms with Crippen LogP contribution in [-0.4, -0.2) is 36.7 Å². The molecule has 0 aliphatic heterocycles. The standard InChI is InChI=1S/C20H22N2O3S2/c1-15-12-18(16(2)22(15)13-17-8-5-4-6-9-17)19(23)14-21(3)27(24,25)20-10-7-11-26-20/h4-12H,13-14H2,1-3H3. The zero-order valence-electron chi connectivity index (χ0n) is 15.5. The van der Waals surface area contributed by atoms with Crippen LogP contribution in [0.5, 0.6) is 0 Å². The summed E-state index contributed by atoms with van der Waals surface area (Å²) in [5.74, 6) is -0.204. The molecule has 0 saturated carbocycles. The molecule has 3 aromatic rings. The molecule has 3 rings (SSSR count). The number of aryl methyl sites for hydroxylation is 1. The highest BCUT2D eigenvalue weighted by Crippen LogP contribution is 2.22. The average molecular weight is 403 g/mol. The van der Waals surface area contributed by atoms with Crippen molar-refractivity contribution in [3.63, 3.8) is 0 Å². The van der Waals surface area contributed by atoms with Gasteiger partial charge < -0.3 is 4.57 Å². The second-order valence-electron chi connectivity index (χ2n) is 6.47. The SMILES string of the molecule is Cc1cc(C(=O)CN(C)S(=O)(=O)c2cccs2)c(C)n1Cc1ccccc1. The molecule has 27 heavy (non-hydrogen) atoms. The molecule has 0 radical (unpaired) electrons. The minimum absolute atomic E-state index is 0.185. The largest absolute Gasteiger partial charge is 0.344 e. The minimum Gasteiger partial charge on any atom is -0.344 e. The molecule has 0 spiro atoms. The number of likely N-dealkylation sites (N-methyl/N-ethyl adjacent to an activating group) is 1. The third-order valence-corrected chi connectivity index (χ3v) is 7.76. The highest BCUT2D eigenvalue weighted by molar-refractivity contribution is 7.91. The van der Waals surface area contributed by atoms with Crippen LogP contribution in [0.2, 0.25) is 0 Å². The van der Waals surface area contributed by atoms with Gasteiger partial charge in [-0.2, -0.15) is 4.31 Å². The lowest BCUT2D eigenvalue weighted by Gasteiger charge is -2.15. The second kappa shape index (κ2) is 7.80. The molecule has 7 heteroatoms. The van der Waals surface area contributed by atoms with Crippen LogP contribution in [0.1, 0.15) is 27.3 Å². The van der Waals surface area contributed by atoms with Crippen molar-refractivity contribution < 1.29 is 13.2 Å². The zero-order valence-corrected chi connectivity index (χ0v) is 17.2. The predicted octanol–water partition coefficient (Wildman–Crippen LogP) is 3.72. The fourth-order valence-corrected chi connectivity index (χ4v) is 5.36. The summed E-state index contributed by atoms with van der Waals surface area (Å²) in [5, 5.41) is 1.71. The Labute approximate surface area is 163 Å². The Hall–Kier alpha value is -2.22. The maximum Gasteiger partial charge on any atom is 0.252 e. The number of aromatic nitrogens is 1. The van der Waals surface area contributed by atoms with Crippen LogP contribution in [-0.2, 0) is 16.6 Å². The number of hydrogen-bond acceptors (Lipinski definition) is 4. The van der Waals surface area contributed by atoms with Crippen LogP contribution < -0.4 is 0 Å². The van der Waals surface area contributed by atoms with Crippen molar-refractivity contribution >= 4 is 27.1 Å². The van der Waals surface area contributed by atoms with E-state index in [9.17, 15) is 13.2 Å². The van der Waals surface area contributed by atoms with Gasteiger partial charge in [-0.25, -0.2) is 8.42 Å². The van der Waals surface area contributed by atoms with Crippen LogP contribution in [0.3, 0.4) is 0 Å². The fourth-order valence-electron chi connectivity index (χ4n) is 3.03. The Morgan fingerprint density at radius 3 is 2.44 bits per heavy atom. The number of ketones is 1. The molecule has 0 aliphatic rings. The van der Waals surface area contributed by atoms with Crippen molar-refractivity contribution in [1.82, 2.24) is 8.87 Å². The van der Waals surface area contributed by atoms with Crippen LogP contribution >= 0.6 is 11.3 Å². The topological polar surface area (TPSA) is 59.4 Å². The molecule has 0 bridgehead atoms. The molecule has 5 nitrogen and oxygen atoms in total. The molecule has 0 aliphatic carbocycles. The second-order valence-corrected chi connectivity index (χ2v) is 9.69. The van der Waals surface area contributed by atoms with Crippen molar-refractivity contribution in [2.24, 2.45) is 0 Å². The number of rotatable bonds is 7. The maximum atomic E-state index is 12.8. The minimum atomic E-state index is -3.64. The lowest BCUT2D eigenvalue weighted by Crippen LogP contribution is -2.32. The van der Waals surface area contributed by atoms with Gasteiger partial charge in [-0.15, -0.1) is 11.3 Å². The molecule has 0 amide bonds. The van der Waals surface area contributed by atoms with E-state index < -0.39 is 10.0 Å². The summed E-state index contributed by atoms with van der Waals surface area (Å²) in [5.41, 5.74) is 3.54. The zero-order chi connectivity index (χ0) is 19.6. The van der Waals surface area contributed by atoms with Crippen molar-refractivity contribution in [3.05, 3.63) is 76.4 Å². The Morgan fingerprint density at radius 1 is 1.11 bits per heavy atom. The van der Waals surface area contributed by atoms with Gasteiger partial charge in [-0.05, 0) is 36.9 Å². The number of nitrogens with zero attached hydrogens (tertiary/aromatic N) is 2. The molecule has 0 N–H and O–H groups in total. The molecule has 2 aromatic heterocycles. The number of hydrogen-bond donors (Lipinski definition) is 0. The lowest BCUT2D eigenvalue weighted by atomic mass is 10.1. The predicted molar refractivity (Wildman–Crippen MR) is 108 cm³/mol. The van der Waals surface area contributed by atoms with E-state index >= 15 is 0 Å². The van der Waals surface area contributed by atoms with Crippen molar-refractivity contribution in [3.8, 4) is 0 Å². The first-order chi connectivity index (χ1) is 12.8. The highest BCUT2D eigenvalue weighted by atomic mass is 32.2. The summed E-state index contributed by atoms with van der Waals surface area (Å²) in [4.78, 5) is 12.8. The molecule has 1 aromatic carbocycles. The van der Waals surface area contributed by atoms with Gasteiger partial charge in [0.25, 0.3) is 10.0 Å². The van der Waals surface area contributed by atoms with Gasteiger partial charge >= 0.3 is 0 Å². The summed E-state index contributed by atoms with van der Waals surface area (Å²) in [6.07, 6.45) is 0. The monoisotopic (exact) mass is 402 g/mol. The number of Topliss-reactive ketones (excluding diaryl/α,β-unsaturated/α-hetero) is 1. The van der Waals surface area contributed by atoms with Gasteiger partial charge in [0, 0.05) is 30.5 Å². The van der Waals surface area contributed by atoms with E-state index in [1.54, 1.807) is 17.5 Å². The third-order valence-electron chi connectivity index (χ3n) is 4.58. The Balaban J connectivity index is 1.80. The fraction of sp³-hybridized carbons (Fsp3) is 0.250. The van der Waals surface area contributed by atoms with E-state index in [2.05, 4.69) is 4.57 Å². The van der Waals surface area contributed by atoms with E-state index in [0.717, 1.165) is 32.6 Å². The summed E-state index contributed by atoms with van der Waals surface area (Å²) in [6.45, 7) is 4.35. The Kier molecular flexibility index (Phi) is 5.64. The Morgan fingerprint density at radius 2 is 1.81 bits per heavy atom. The molecule has 2 heterocycles. The molecule has 0 atom stereocenters. The lowest BCUT2D eigenvalue weighted by molar-refractivity contribution is 0.0972. The molecule has 142 valence electrons. The summed E-state index contributed by atoms with van der Waals surface area (Å²) < 4.78 is 28.5. The van der Waals surface area contributed by atoms with E-state index in [4.69, 9.17) is 0 Å². The van der Waals surface area contributed by atoms with Gasteiger partial charge in [0.05, 0.1) is 6.54 Å².